The molecule has 0 radical (unpaired) electrons. The van der Waals surface area contributed by atoms with E-state index in [0.717, 1.165) is 12.8 Å². The summed E-state index contributed by atoms with van der Waals surface area (Å²) < 4.78 is 45.9. The highest BCUT2D eigenvalue weighted by Crippen LogP contribution is 2.48. The van der Waals surface area contributed by atoms with Gasteiger partial charge in [0.15, 0.2) is 21.6 Å². The molecule has 2 aromatic heterocycles. The third kappa shape index (κ3) is 4.98. The van der Waals surface area contributed by atoms with Crippen LogP contribution < -0.4 is 10.6 Å². The number of hydrogen-bond donors (Lipinski definition) is 3. The first-order valence-electron chi connectivity index (χ1n) is 12.0. The van der Waals surface area contributed by atoms with Crippen LogP contribution in [0.4, 0.5) is 27.3 Å². The summed E-state index contributed by atoms with van der Waals surface area (Å²) >= 11 is 0. The van der Waals surface area contributed by atoms with Gasteiger partial charge in [0.1, 0.15) is 22.9 Å². The molecule has 4 rings (SSSR count). The fourth-order valence-corrected chi connectivity index (χ4v) is 6.99. The standard InChI is InChI=1S/C26H30FN7O3S/c1-6-7-12-37-16(2)32-20-10-11-30-23(21(20)29-5)33-18-13-19(22(27)31-14-18)25(3)15-38(35,36)26(4,17-8-9-17)24(28)34-25/h10-11,13-14,17H,5,8-9,12,15H2,1-4H3,(H2,28,34)(H,30,33)/b32-16+/t25-,26-/m0/s1. The van der Waals surface area contributed by atoms with E-state index in [-0.39, 0.29) is 35.5 Å². The van der Waals surface area contributed by atoms with E-state index in [9.17, 15) is 8.42 Å². The van der Waals surface area contributed by atoms with E-state index < -0.39 is 26.1 Å². The van der Waals surface area contributed by atoms with Crippen LogP contribution in [0.2, 0.25) is 0 Å². The molecule has 0 unspecified atom stereocenters. The van der Waals surface area contributed by atoms with Crippen molar-refractivity contribution in [2.75, 3.05) is 17.7 Å². The third-order valence-electron chi connectivity index (χ3n) is 6.94. The predicted molar refractivity (Wildman–Crippen MR) is 146 cm³/mol. The first kappa shape index (κ1) is 27.2. The van der Waals surface area contributed by atoms with Gasteiger partial charge in [0.05, 0.1) is 28.9 Å². The van der Waals surface area contributed by atoms with E-state index in [1.165, 1.54) is 18.5 Å². The van der Waals surface area contributed by atoms with Crippen LogP contribution >= 0.6 is 0 Å². The molecule has 0 aromatic carbocycles. The van der Waals surface area contributed by atoms with E-state index >= 15 is 4.39 Å². The Labute approximate surface area is 221 Å². The van der Waals surface area contributed by atoms with Gasteiger partial charge in [-0.3, -0.25) is 10.4 Å². The zero-order chi connectivity index (χ0) is 27.7. The smallest absolute Gasteiger partial charge is 0.218 e. The number of hydrogen-bond acceptors (Lipinski definition) is 9. The van der Waals surface area contributed by atoms with Crippen LogP contribution in [-0.4, -0.2) is 53.9 Å². The molecule has 1 saturated heterocycles. The zero-order valence-corrected chi connectivity index (χ0v) is 22.5. The number of pyridine rings is 2. The fourth-order valence-electron chi connectivity index (χ4n) is 4.59. The molecule has 2 fully saturated rings. The van der Waals surface area contributed by atoms with Crippen LogP contribution in [-0.2, 0) is 20.1 Å². The molecular weight excluding hydrogens is 509 g/mol. The second kappa shape index (κ2) is 10.1. The van der Waals surface area contributed by atoms with Gasteiger partial charge >= 0.3 is 0 Å². The minimum Gasteiger partial charge on any atom is -0.468 e. The molecule has 1 saturated carbocycles. The second-order valence-electron chi connectivity index (χ2n) is 9.69. The first-order chi connectivity index (χ1) is 17.9. The van der Waals surface area contributed by atoms with Crippen molar-refractivity contribution in [2.45, 2.75) is 50.8 Å². The van der Waals surface area contributed by atoms with Crippen molar-refractivity contribution in [3.05, 3.63) is 36.0 Å². The number of aromatic nitrogens is 2. The summed E-state index contributed by atoms with van der Waals surface area (Å²) in [6.07, 6.45) is 4.28. The lowest BCUT2D eigenvalue weighted by molar-refractivity contribution is 0.355. The summed E-state index contributed by atoms with van der Waals surface area (Å²) in [6.45, 7) is 10.3. The minimum atomic E-state index is -3.76. The van der Waals surface area contributed by atoms with Crippen LogP contribution in [0.15, 0.2) is 34.5 Å². The van der Waals surface area contributed by atoms with E-state index in [1.54, 1.807) is 33.8 Å². The highest BCUT2D eigenvalue weighted by atomic mass is 32.2. The molecule has 2 aliphatic rings. The molecule has 0 amide bonds. The maximum Gasteiger partial charge on any atom is 0.218 e. The Kier molecular flexibility index (Phi) is 7.25. The van der Waals surface area contributed by atoms with Crippen molar-refractivity contribution in [2.24, 2.45) is 15.9 Å². The Balaban J connectivity index is 1.65. The Morgan fingerprint density at radius 1 is 1.39 bits per heavy atom. The van der Waals surface area contributed by atoms with Crippen molar-refractivity contribution in [1.29, 1.82) is 5.41 Å². The van der Waals surface area contributed by atoms with Crippen LogP contribution in [0.1, 0.15) is 46.1 Å². The minimum absolute atomic E-state index is 0.0113. The van der Waals surface area contributed by atoms with Gasteiger partial charge in [0, 0.05) is 18.7 Å². The number of anilines is 2. The monoisotopic (exact) mass is 539 g/mol. The maximum atomic E-state index is 15.0. The molecule has 2 aromatic rings. The molecule has 3 N–H and O–H groups in total. The summed E-state index contributed by atoms with van der Waals surface area (Å²) in [7, 11) is -3.76. The van der Waals surface area contributed by atoms with Crippen molar-refractivity contribution < 1.29 is 17.5 Å². The summed E-state index contributed by atoms with van der Waals surface area (Å²) in [5.41, 5.74) is -0.275. The number of nitrogens with zero attached hydrogens (tertiary/aromatic N) is 4. The van der Waals surface area contributed by atoms with E-state index in [0.29, 0.717) is 23.0 Å². The summed E-state index contributed by atoms with van der Waals surface area (Å²) in [6, 6.07) is 3.10. The average Bonchev–Trinajstić information content (AvgIpc) is 3.69. The van der Waals surface area contributed by atoms with Crippen molar-refractivity contribution in [1.82, 2.24) is 15.3 Å². The molecule has 2 atom stereocenters. The molecule has 3 heterocycles. The van der Waals surface area contributed by atoms with Crippen LogP contribution in [0.25, 0.3) is 0 Å². The zero-order valence-electron chi connectivity index (χ0n) is 21.7. The average molecular weight is 540 g/mol. The number of halogens is 1. The SMILES string of the molecule is C=Nc1c(/N=C(\C)OCC#CC)ccnc1Nc1cnc(F)c([C@]2(C)CS(=O)(=O)[C@@](C)(C3CC3)C(=N)N2)c1. The van der Waals surface area contributed by atoms with Gasteiger partial charge in [0.2, 0.25) is 5.95 Å². The molecule has 0 spiro atoms. The summed E-state index contributed by atoms with van der Waals surface area (Å²) in [5.74, 6) is 4.75. The van der Waals surface area contributed by atoms with Gasteiger partial charge in [-0.05, 0) is 58.4 Å². The van der Waals surface area contributed by atoms with E-state index in [2.05, 4.69) is 49.1 Å². The fraction of sp³-hybridized carbons (Fsp3) is 0.423. The normalized spacial score (nSPS) is 24.6. The van der Waals surface area contributed by atoms with Crippen molar-refractivity contribution in [3.63, 3.8) is 0 Å². The number of ether oxygens (including phenoxy) is 1. The molecule has 0 bridgehead atoms. The lowest BCUT2D eigenvalue weighted by atomic mass is 9.92. The van der Waals surface area contributed by atoms with Gasteiger partial charge in [-0.2, -0.15) is 4.39 Å². The largest absolute Gasteiger partial charge is 0.468 e. The number of nitrogens with one attached hydrogen (secondary N) is 3. The Morgan fingerprint density at radius 3 is 2.76 bits per heavy atom. The van der Waals surface area contributed by atoms with Gasteiger partial charge in [-0.1, -0.05) is 5.92 Å². The van der Waals surface area contributed by atoms with Gasteiger partial charge < -0.3 is 15.4 Å². The molecule has 12 heteroatoms. The summed E-state index contributed by atoms with van der Waals surface area (Å²) in [5, 5.41) is 14.6. The third-order valence-corrected chi connectivity index (χ3v) is 9.73. The Hall–Kier alpha value is -3.85. The Bertz CT molecular complexity index is 1490. The second-order valence-corrected chi connectivity index (χ2v) is 12.1. The van der Waals surface area contributed by atoms with Crippen LogP contribution in [0, 0.1) is 29.1 Å². The molecule has 38 heavy (non-hydrogen) atoms. The number of aliphatic imine (C=N–C) groups is 2. The quantitative estimate of drug-likeness (QED) is 0.208. The number of sulfone groups is 1. The lowest BCUT2D eigenvalue weighted by Crippen LogP contribution is -2.66. The van der Waals surface area contributed by atoms with Crippen LogP contribution in [0.3, 0.4) is 0 Å². The van der Waals surface area contributed by atoms with E-state index in [4.69, 9.17) is 10.1 Å². The van der Waals surface area contributed by atoms with Gasteiger partial charge in [-0.25, -0.2) is 23.4 Å². The maximum absolute atomic E-state index is 15.0. The molecule has 1 aliphatic carbocycles. The number of amidine groups is 1. The predicted octanol–water partition coefficient (Wildman–Crippen LogP) is 4.16. The van der Waals surface area contributed by atoms with Gasteiger partial charge in [0.25, 0.3) is 0 Å². The molecule has 1 aliphatic heterocycles. The van der Waals surface area contributed by atoms with Crippen molar-refractivity contribution in [3.8, 4) is 11.8 Å². The summed E-state index contributed by atoms with van der Waals surface area (Å²) in [4.78, 5) is 16.6. The lowest BCUT2D eigenvalue weighted by Gasteiger charge is -2.45. The highest BCUT2D eigenvalue weighted by Gasteiger charge is 2.60. The first-order valence-corrected chi connectivity index (χ1v) is 13.7. The van der Waals surface area contributed by atoms with Crippen molar-refractivity contribution >= 4 is 51.2 Å². The number of rotatable bonds is 7. The van der Waals surface area contributed by atoms with Gasteiger partial charge in [-0.15, -0.1) is 5.92 Å². The molecule has 10 nitrogen and oxygen atoms in total. The molecule has 200 valence electrons. The Morgan fingerprint density at radius 2 is 2.13 bits per heavy atom. The van der Waals surface area contributed by atoms with E-state index in [1.807, 2.05) is 0 Å². The highest BCUT2D eigenvalue weighted by molar-refractivity contribution is 7.93. The topological polar surface area (TPSA) is 142 Å². The van der Waals surface area contributed by atoms with Crippen LogP contribution in [0.5, 0.6) is 0 Å². The molecular formula is C26H30FN7O3S.